The smallest absolute Gasteiger partial charge is 0.273 e. The maximum atomic E-state index is 11.5. The van der Waals surface area contributed by atoms with E-state index in [1.54, 1.807) is 6.20 Å². The molecule has 1 aliphatic rings. The van der Waals surface area contributed by atoms with Crippen LogP contribution < -0.4 is 15.0 Å². The van der Waals surface area contributed by atoms with Crippen LogP contribution >= 0.6 is 0 Å². The Hall–Kier alpha value is -2.50. The molecule has 17 heavy (non-hydrogen) atoms. The molecule has 3 heterocycles. The maximum Gasteiger partial charge on any atom is 0.273 e. The summed E-state index contributed by atoms with van der Waals surface area (Å²) in [4.78, 5) is 15.7. The average molecular weight is 229 g/mol. The van der Waals surface area contributed by atoms with Gasteiger partial charge in [-0.3, -0.25) is 20.0 Å². The van der Waals surface area contributed by atoms with Crippen LogP contribution in [0.25, 0.3) is 21.8 Å². The van der Waals surface area contributed by atoms with Gasteiger partial charge in [-0.05, 0) is 6.07 Å². The molecule has 0 amide bonds. The van der Waals surface area contributed by atoms with E-state index in [9.17, 15) is 4.79 Å². The van der Waals surface area contributed by atoms with Gasteiger partial charge >= 0.3 is 0 Å². The Labute approximate surface area is 94.2 Å². The molecular formula is C11H7N3O3. The lowest BCUT2D eigenvalue weighted by molar-refractivity contribution is 0.174. The average Bonchev–Trinajstić information content (AvgIpc) is 2.93. The summed E-state index contributed by atoms with van der Waals surface area (Å²) < 4.78 is 10.6. The van der Waals surface area contributed by atoms with Crippen LogP contribution in [0, 0.1) is 0 Å². The molecule has 0 bridgehead atoms. The van der Waals surface area contributed by atoms with Crippen molar-refractivity contribution >= 4 is 21.8 Å². The molecule has 0 aliphatic carbocycles. The Morgan fingerprint density at radius 3 is 2.82 bits per heavy atom. The van der Waals surface area contributed by atoms with Gasteiger partial charge < -0.3 is 9.47 Å². The zero-order valence-corrected chi connectivity index (χ0v) is 8.61. The van der Waals surface area contributed by atoms with Crippen molar-refractivity contribution in [2.75, 3.05) is 6.79 Å². The third kappa shape index (κ3) is 1.04. The van der Waals surface area contributed by atoms with Gasteiger partial charge in [0.2, 0.25) is 6.79 Å². The number of aromatic nitrogens is 3. The van der Waals surface area contributed by atoms with Gasteiger partial charge in [0.1, 0.15) is 0 Å². The molecule has 0 unspecified atom stereocenters. The van der Waals surface area contributed by atoms with Crippen LogP contribution in [0.3, 0.4) is 0 Å². The highest BCUT2D eigenvalue weighted by atomic mass is 16.7. The highest BCUT2D eigenvalue weighted by Crippen LogP contribution is 2.36. The highest BCUT2D eigenvalue weighted by Gasteiger charge is 2.16. The van der Waals surface area contributed by atoms with Crippen LogP contribution in [-0.2, 0) is 0 Å². The van der Waals surface area contributed by atoms with Crippen molar-refractivity contribution in [3.05, 3.63) is 28.7 Å². The van der Waals surface area contributed by atoms with Crippen molar-refractivity contribution in [2.45, 2.75) is 0 Å². The van der Waals surface area contributed by atoms with E-state index in [1.165, 1.54) is 0 Å². The Kier molecular flexibility index (Phi) is 1.42. The number of ether oxygens (including phenoxy) is 2. The van der Waals surface area contributed by atoms with Crippen LogP contribution in [0.5, 0.6) is 11.5 Å². The fourth-order valence-electron chi connectivity index (χ4n) is 2.08. The van der Waals surface area contributed by atoms with Crippen LogP contribution in [0.2, 0.25) is 0 Å². The summed E-state index contributed by atoms with van der Waals surface area (Å²) in [5.41, 5.74) is 1.32. The molecular weight excluding hydrogens is 222 g/mol. The zero-order valence-electron chi connectivity index (χ0n) is 8.61. The zero-order chi connectivity index (χ0) is 11.4. The van der Waals surface area contributed by atoms with Crippen molar-refractivity contribution in [1.82, 2.24) is 15.2 Å². The van der Waals surface area contributed by atoms with E-state index < -0.39 is 0 Å². The first-order valence-corrected chi connectivity index (χ1v) is 5.11. The Morgan fingerprint density at radius 2 is 1.94 bits per heavy atom. The van der Waals surface area contributed by atoms with Crippen LogP contribution in [0.15, 0.2) is 23.1 Å². The molecule has 2 N–H and O–H groups in total. The molecule has 2 aromatic heterocycles. The predicted molar refractivity (Wildman–Crippen MR) is 60.3 cm³/mol. The predicted octanol–water partition coefficient (Wildman–Crippen LogP) is 1.13. The number of nitrogens with one attached hydrogen (secondary N) is 2. The van der Waals surface area contributed by atoms with E-state index in [0.29, 0.717) is 16.9 Å². The Bertz CT molecular complexity index is 803. The molecule has 0 fully saturated rings. The fraction of sp³-hybridized carbons (Fsp3) is 0.0909. The second-order valence-corrected chi connectivity index (χ2v) is 3.85. The monoisotopic (exact) mass is 229 g/mol. The van der Waals surface area contributed by atoms with Gasteiger partial charge in [0, 0.05) is 17.6 Å². The van der Waals surface area contributed by atoms with Crippen molar-refractivity contribution < 1.29 is 9.47 Å². The molecule has 4 rings (SSSR count). The Morgan fingerprint density at radius 1 is 1.12 bits per heavy atom. The number of hydrogen-bond donors (Lipinski definition) is 2. The van der Waals surface area contributed by atoms with Crippen LogP contribution in [0.1, 0.15) is 0 Å². The van der Waals surface area contributed by atoms with E-state index >= 15 is 0 Å². The molecule has 6 nitrogen and oxygen atoms in total. The first-order chi connectivity index (χ1) is 8.33. The first-order valence-electron chi connectivity index (χ1n) is 5.11. The van der Waals surface area contributed by atoms with Crippen molar-refractivity contribution in [1.29, 1.82) is 0 Å². The number of hydrogen-bond acceptors (Lipinski definition) is 4. The maximum absolute atomic E-state index is 11.5. The quantitative estimate of drug-likeness (QED) is 0.605. The van der Waals surface area contributed by atoms with Gasteiger partial charge in [-0.25, -0.2) is 0 Å². The topological polar surface area (TPSA) is 80.0 Å². The van der Waals surface area contributed by atoms with E-state index in [1.807, 2.05) is 12.1 Å². The van der Waals surface area contributed by atoms with E-state index in [2.05, 4.69) is 15.2 Å². The molecule has 6 heteroatoms. The summed E-state index contributed by atoms with van der Waals surface area (Å²) in [6.07, 6.45) is 1.55. The van der Waals surface area contributed by atoms with Gasteiger partial charge in [0.15, 0.2) is 11.5 Å². The summed E-state index contributed by atoms with van der Waals surface area (Å²) in [5, 5.41) is 6.77. The second-order valence-electron chi connectivity index (χ2n) is 3.85. The second kappa shape index (κ2) is 2.79. The van der Waals surface area contributed by atoms with Crippen molar-refractivity contribution in [2.24, 2.45) is 0 Å². The minimum atomic E-state index is -0.174. The summed E-state index contributed by atoms with van der Waals surface area (Å²) in [5.74, 6) is 1.36. The van der Waals surface area contributed by atoms with Gasteiger partial charge in [-0.15, -0.1) is 0 Å². The van der Waals surface area contributed by atoms with E-state index in [0.717, 1.165) is 16.4 Å². The highest BCUT2D eigenvalue weighted by molar-refractivity contribution is 6.03. The summed E-state index contributed by atoms with van der Waals surface area (Å²) in [6, 6.07) is 3.64. The number of rotatable bonds is 0. The van der Waals surface area contributed by atoms with E-state index in [4.69, 9.17) is 9.47 Å². The minimum Gasteiger partial charge on any atom is -0.454 e. The van der Waals surface area contributed by atoms with Gasteiger partial charge in [-0.1, -0.05) is 0 Å². The number of benzene rings is 1. The molecule has 0 spiro atoms. The number of pyridine rings is 1. The van der Waals surface area contributed by atoms with Crippen molar-refractivity contribution in [3.8, 4) is 11.5 Å². The first kappa shape index (κ1) is 8.63. The molecule has 84 valence electrons. The van der Waals surface area contributed by atoms with E-state index in [-0.39, 0.29) is 12.4 Å². The summed E-state index contributed by atoms with van der Waals surface area (Å²) in [7, 11) is 0. The van der Waals surface area contributed by atoms with Crippen LogP contribution in [-0.4, -0.2) is 22.0 Å². The summed E-state index contributed by atoms with van der Waals surface area (Å²) in [6.45, 7) is 0.221. The minimum absolute atomic E-state index is 0.174. The van der Waals surface area contributed by atoms with Gasteiger partial charge in [0.25, 0.3) is 5.56 Å². The lowest BCUT2D eigenvalue weighted by Gasteiger charge is -2.00. The molecule has 0 radical (unpaired) electrons. The number of fused-ring (bicyclic) bond motifs is 4. The largest absolute Gasteiger partial charge is 0.454 e. The third-order valence-electron chi connectivity index (χ3n) is 2.91. The SMILES string of the molecule is O=c1[nH][nH]c2c1cnc1cc3c(cc12)OCO3. The number of nitrogens with zero attached hydrogens (tertiary/aromatic N) is 1. The lowest BCUT2D eigenvalue weighted by atomic mass is 10.1. The van der Waals surface area contributed by atoms with Gasteiger partial charge in [-0.2, -0.15) is 0 Å². The lowest BCUT2D eigenvalue weighted by Crippen LogP contribution is -1.97. The normalized spacial score (nSPS) is 13.6. The molecule has 0 saturated heterocycles. The number of aromatic amines is 2. The third-order valence-corrected chi connectivity index (χ3v) is 2.91. The molecule has 0 atom stereocenters. The standard InChI is InChI=1S/C11H7N3O3/c15-11-6-3-12-7-2-9-8(16-4-17-9)1-5(7)10(6)13-14-11/h1-3H,4H2,(H2,13,14,15). The fourth-order valence-corrected chi connectivity index (χ4v) is 2.08. The molecule has 1 aliphatic heterocycles. The van der Waals surface area contributed by atoms with Gasteiger partial charge in [0.05, 0.1) is 16.4 Å². The Balaban J connectivity index is 2.22. The molecule has 3 aromatic rings. The van der Waals surface area contributed by atoms with Crippen molar-refractivity contribution in [3.63, 3.8) is 0 Å². The summed E-state index contributed by atoms with van der Waals surface area (Å²) >= 11 is 0. The van der Waals surface area contributed by atoms with Crippen LogP contribution in [0.4, 0.5) is 0 Å². The molecule has 0 saturated carbocycles. The molecule has 1 aromatic carbocycles. The number of H-pyrrole nitrogens is 2.